The van der Waals surface area contributed by atoms with Crippen molar-refractivity contribution in [1.29, 1.82) is 5.26 Å². The average Bonchev–Trinajstić information content (AvgIpc) is 3.13. The maximum atomic E-state index is 9.54. The van der Waals surface area contributed by atoms with Gasteiger partial charge in [0.15, 0.2) is 5.54 Å². The lowest BCUT2D eigenvalue weighted by atomic mass is 9.95. The van der Waals surface area contributed by atoms with Gasteiger partial charge in [-0.05, 0) is 29.2 Å². The fraction of sp³-hybridized carbons (Fsp3) is 0.467. The van der Waals surface area contributed by atoms with Crippen molar-refractivity contribution in [2.24, 2.45) is 40.5 Å². The Bertz CT molecular complexity index is 539. The zero-order valence-corrected chi connectivity index (χ0v) is 9.32. The Kier molecular flexibility index (Phi) is 1.15. The minimum atomic E-state index is -0.333. The van der Waals surface area contributed by atoms with Gasteiger partial charge in [0.2, 0.25) is 0 Å². The largest absolute Gasteiger partial charge is 0.270 e. The van der Waals surface area contributed by atoms with Crippen molar-refractivity contribution in [3.8, 4) is 6.07 Å². The Morgan fingerprint density at radius 3 is 2.18 bits per heavy atom. The number of hydrogen-bond donors (Lipinski definition) is 0. The van der Waals surface area contributed by atoms with E-state index in [2.05, 4.69) is 6.07 Å². The Morgan fingerprint density at radius 1 is 1.06 bits per heavy atom. The highest BCUT2D eigenvalue weighted by molar-refractivity contribution is 5.80. The first kappa shape index (κ1) is 8.47. The molecule has 0 N–H and O–H groups in total. The van der Waals surface area contributed by atoms with Crippen molar-refractivity contribution in [1.82, 2.24) is 0 Å². The predicted octanol–water partition coefficient (Wildman–Crippen LogP) is 2.12. The first-order valence-electron chi connectivity index (χ1n) is 6.40. The molecule has 5 aliphatic rings. The Hall–Kier alpha value is -1.62. The van der Waals surface area contributed by atoms with Crippen LogP contribution < -0.4 is 0 Å². The van der Waals surface area contributed by atoms with Crippen LogP contribution in [-0.4, -0.2) is 11.8 Å². The number of aliphatic imine (C=N–C) groups is 1. The van der Waals surface area contributed by atoms with Crippen molar-refractivity contribution in [3.63, 3.8) is 0 Å². The van der Waals surface area contributed by atoms with E-state index in [4.69, 9.17) is 4.99 Å². The van der Waals surface area contributed by atoms with E-state index in [1.54, 1.807) is 0 Å². The van der Waals surface area contributed by atoms with Gasteiger partial charge in [0.1, 0.15) is 0 Å². The minimum Gasteiger partial charge on any atom is -0.270 e. The molecular weight excluding hydrogens is 208 g/mol. The predicted molar refractivity (Wildman–Crippen MR) is 63.3 cm³/mol. The quantitative estimate of drug-likeness (QED) is 0.703. The second kappa shape index (κ2) is 2.31. The summed E-state index contributed by atoms with van der Waals surface area (Å²) in [7, 11) is 0. The normalized spacial score (nSPS) is 55.0. The molecule has 0 amide bonds. The summed E-state index contributed by atoms with van der Waals surface area (Å²) in [6.07, 6.45) is 1.92. The Labute approximate surface area is 100.0 Å². The van der Waals surface area contributed by atoms with Crippen molar-refractivity contribution in [2.45, 2.75) is 5.54 Å². The summed E-state index contributed by atoms with van der Waals surface area (Å²) >= 11 is 0. The van der Waals surface area contributed by atoms with Crippen LogP contribution in [-0.2, 0) is 0 Å². The fourth-order valence-electron chi connectivity index (χ4n) is 5.02. The van der Waals surface area contributed by atoms with E-state index in [1.807, 2.05) is 36.5 Å². The fourth-order valence-corrected chi connectivity index (χ4v) is 5.02. The molecule has 2 bridgehead atoms. The first-order chi connectivity index (χ1) is 8.38. The number of nitriles is 1. The van der Waals surface area contributed by atoms with Crippen molar-refractivity contribution < 1.29 is 0 Å². The van der Waals surface area contributed by atoms with Gasteiger partial charge in [0.05, 0.1) is 6.07 Å². The maximum absolute atomic E-state index is 9.54. The molecule has 0 unspecified atom stereocenters. The Balaban J connectivity index is 1.53. The van der Waals surface area contributed by atoms with Crippen LogP contribution in [0.1, 0.15) is 5.56 Å². The monoisotopic (exact) mass is 220 g/mol. The molecule has 1 aromatic carbocycles. The van der Waals surface area contributed by atoms with Gasteiger partial charge in [-0.15, -0.1) is 0 Å². The van der Waals surface area contributed by atoms with E-state index in [9.17, 15) is 5.26 Å². The molecule has 17 heavy (non-hydrogen) atoms. The number of nitrogens with zero attached hydrogens (tertiary/aromatic N) is 2. The van der Waals surface area contributed by atoms with Crippen LogP contribution in [0.25, 0.3) is 0 Å². The van der Waals surface area contributed by atoms with Gasteiger partial charge in [-0.25, -0.2) is 0 Å². The molecule has 0 atom stereocenters. The van der Waals surface area contributed by atoms with E-state index >= 15 is 0 Å². The van der Waals surface area contributed by atoms with Crippen LogP contribution in [0.4, 0.5) is 0 Å². The lowest BCUT2D eigenvalue weighted by Gasteiger charge is -2.16. The topological polar surface area (TPSA) is 36.1 Å². The number of rotatable bonds is 2. The molecule has 0 radical (unpaired) electrons. The van der Waals surface area contributed by atoms with Gasteiger partial charge in [-0.1, -0.05) is 30.3 Å². The summed E-state index contributed by atoms with van der Waals surface area (Å²) in [6.45, 7) is 0. The summed E-state index contributed by atoms with van der Waals surface area (Å²) in [4.78, 5) is 4.72. The summed E-state index contributed by atoms with van der Waals surface area (Å²) in [6, 6.07) is 12.7. The molecule has 5 aliphatic carbocycles. The van der Waals surface area contributed by atoms with Crippen LogP contribution in [0.2, 0.25) is 0 Å². The van der Waals surface area contributed by atoms with Crippen LogP contribution in [0.15, 0.2) is 35.3 Å². The SMILES string of the molecule is N#CC1(N=Cc2ccccc2)C2C3C2C2C3C21. The lowest BCUT2D eigenvalue weighted by Crippen LogP contribution is -2.26. The van der Waals surface area contributed by atoms with Crippen LogP contribution in [0.3, 0.4) is 0 Å². The molecule has 2 heteroatoms. The highest BCUT2D eigenvalue weighted by Gasteiger charge is 2.97. The van der Waals surface area contributed by atoms with E-state index in [1.165, 1.54) is 0 Å². The first-order valence-corrected chi connectivity index (χ1v) is 6.40. The summed E-state index contributed by atoms with van der Waals surface area (Å²) in [5.41, 5.74) is 0.777. The molecule has 2 nitrogen and oxygen atoms in total. The third-order valence-electron chi connectivity index (χ3n) is 5.58. The Morgan fingerprint density at radius 2 is 1.65 bits per heavy atom. The van der Waals surface area contributed by atoms with E-state index < -0.39 is 0 Å². The van der Waals surface area contributed by atoms with Gasteiger partial charge < -0.3 is 0 Å². The third-order valence-corrected chi connectivity index (χ3v) is 5.58. The second-order valence-electron chi connectivity index (χ2n) is 5.97. The zero-order valence-electron chi connectivity index (χ0n) is 9.32. The van der Waals surface area contributed by atoms with Crippen molar-refractivity contribution in [2.75, 3.05) is 0 Å². The maximum Gasteiger partial charge on any atom is 0.153 e. The molecule has 0 heterocycles. The third kappa shape index (κ3) is 0.719. The van der Waals surface area contributed by atoms with Crippen LogP contribution >= 0.6 is 0 Å². The molecule has 0 aromatic heterocycles. The number of hydrogen-bond acceptors (Lipinski definition) is 2. The van der Waals surface area contributed by atoms with Crippen LogP contribution in [0, 0.1) is 46.8 Å². The van der Waals surface area contributed by atoms with Gasteiger partial charge >= 0.3 is 0 Å². The van der Waals surface area contributed by atoms with E-state index in [0.717, 1.165) is 29.2 Å². The van der Waals surface area contributed by atoms with Crippen LogP contribution in [0.5, 0.6) is 0 Å². The van der Waals surface area contributed by atoms with E-state index in [-0.39, 0.29) is 5.54 Å². The van der Waals surface area contributed by atoms with Gasteiger partial charge in [-0.3, -0.25) is 4.99 Å². The van der Waals surface area contributed by atoms with Gasteiger partial charge in [0, 0.05) is 18.1 Å². The minimum absolute atomic E-state index is 0.333. The number of benzene rings is 1. The van der Waals surface area contributed by atoms with E-state index in [0.29, 0.717) is 11.8 Å². The lowest BCUT2D eigenvalue weighted by molar-refractivity contribution is 0.434. The van der Waals surface area contributed by atoms with Gasteiger partial charge in [-0.2, -0.15) is 5.26 Å². The molecule has 5 saturated carbocycles. The smallest absolute Gasteiger partial charge is 0.153 e. The molecule has 0 aliphatic heterocycles. The molecule has 1 aromatic rings. The summed E-state index contributed by atoms with van der Waals surface area (Å²) < 4.78 is 0. The molecule has 82 valence electrons. The molecule has 5 fully saturated rings. The standard InChI is InChI=1S/C15H12N2/c16-7-15(17-6-8-4-2-1-3-5-8)13-9-10(13)12-11(9)14(12)15/h1-6,9-14H. The van der Waals surface area contributed by atoms with Crippen molar-refractivity contribution >= 4 is 6.21 Å². The van der Waals surface area contributed by atoms with Crippen molar-refractivity contribution in [3.05, 3.63) is 35.9 Å². The summed E-state index contributed by atoms with van der Waals surface area (Å²) in [5.74, 6) is 4.78. The second-order valence-corrected chi connectivity index (χ2v) is 5.97. The molecular formula is C15H12N2. The average molecular weight is 220 g/mol. The van der Waals surface area contributed by atoms with Gasteiger partial charge in [0.25, 0.3) is 0 Å². The zero-order chi connectivity index (χ0) is 11.2. The molecule has 0 spiro atoms. The molecule has 6 rings (SSSR count). The highest BCUT2D eigenvalue weighted by atomic mass is 15.1. The highest BCUT2D eigenvalue weighted by Crippen LogP contribution is 2.95. The summed E-state index contributed by atoms with van der Waals surface area (Å²) in [5, 5.41) is 9.54. The molecule has 0 saturated heterocycles.